The van der Waals surface area contributed by atoms with Gasteiger partial charge < -0.3 is 9.15 Å². The van der Waals surface area contributed by atoms with Crippen LogP contribution < -0.4 is 0 Å². The molecule has 0 N–H and O–H groups in total. The van der Waals surface area contributed by atoms with Crippen LogP contribution in [0.15, 0.2) is 40.8 Å². The number of carbonyl (C=O) groups is 2. The van der Waals surface area contributed by atoms with Crippen molar-refractivity contribution in [1.82, 2.24) is 0 Å². The molecule has 0 aliphatic rings. The number of benzene rings is 1. The summed E-state index contributed by atoms with van der Waals surface area (Å²) in [4.78, 5) is 33.8. The molecule has 0 amide bonds. The number of nitrogens with zero attached hydrogens (tertiary/aromatic N) is 1. The molecule has 126 valence electrons. The molecule has 0 aliphatic carbocycles. The fourth-order valence-electron chi connectivity index (χ4n) is 1.77. The van der Waals surface area contributed by atoms with Crippen LogP contribution >= 0.6 is 0 Å². The van der Waals surface area contributed by atoms with Gasteiger partial charge in [0.15, 0.2) is 12.4 Å². The molecule has 1 aromatic heterocycles. The Balaban J connectivity index is 2.06. The van der Waals surface area contributed by atoms with Crippen LogP contribution in [0.5, 0.6) is 0 Å². The maximum Gasteiger partial charge on any atom is 0.374 e. The van der Waals surface area contributed by atoms with E-state index < -0.39 is 16.3 Å². The number of furan rings is 1. The zero-order chi connectivity index (χ0) is 17.9. The fraction of sp³-hybridized carbons (Fsp3) is 0.294. The molecule has 1 heterocycles. The summed E-state index contributed by atoms with van der Waals surface area (Å²) in [5, 5.41) is 10.6. The minimum Gasteiger partial charge on any atom is -0.452 e. The first-order valence-corrected chi connectivity index (χ1v) is 7.23. The van der Waals surface area contributed by atoms with E-state index >= 15 is 0 Å². The lowest BCUT2D eigenvalue weighted by Gasteiger charge is -2.15. The van der Waals surface area contributed by atoms with Gasteiger partial charge in [0.1, 0.15) is 5.76 Å². The van der Waals surface area contributed by atoms with E-state index in [2.05, 4.69) is 0 Å². The van der Waals surface area contributed by atoms with Crippen molar-refractivity contribution < 1.29 is 23.7 Å². The second kappa shape index (κ2) is 6.66. The maximum absolute atomic E-state index is 11.9. The minimum atomic E-state index is -0.735. The molecule has 0 spiro atoms. The Kier molecular flexibility index (Phi) is 4.82. The van der Waals surface area contributed by atoms with Crippen molar-refractivity contribution in [3.8, 4) is 11.3 Å². The van der Waals surface area contributed by atoms with Gasteiger partial charge in [0.2, 0.25) is 5.76 Å². The molecule has 2 rings (SSSR count). The molecule has 0 saturated carbocycles. The van der Waals surface area contributed by atoms with Gasteiger partial charge in [-0.05, 0) is 24.3 Å². The van der Waals surface area contributed by atoms with Crippen LogP contribution in [-0.4, -0.2) is 23.3 Å². The van der Waals surface area contributed by atoms with E-state index in [-0.39, 0.29) is 23.8 Å². The second-order valence-electron chi connectivity index (χ2n) is 6.22. The molecule has 7 nitrogen and oxygen atoms in total. The summed E-state index contributed by atoms with van der Waals surface area (Å²) in [5.74, 6) is -0.595. The molecule has 0 atom stereocenters. The molecule has 1 aromatic carbocycles. The zero-order valence-corrected chi connectivity index (χ0v) is 13.6. The highest BCUT2D eigenvalue weighted by molar-refractivity contribution is 5.91. The Morgan fingerprint density at radius 2 is 1.75 bits per heavy atom. The van der Waals surface area contributed by atoms with Crippen LogP contribution in [0.4, 0.5) is 5.69 Å². The van der Waals surface area contributed by atoms with E-state index in [0.29, 0.717) is 11.3 Å². The van der Waals surface area contributed by atoms with Crippen LogP contribution in [-0.2, 0) is 9.53 Å². The van der Waals surface area contributed by atoms with Crippen LogP contribution in [0.1, 0.15) is 31.3 Å². The van der Waals surface area contributed by atoms with Crippen molar-refractivity contribution in [3.05, 3.63) is 52.3 Å². The third-order valence-corrected chi connectivity index (χ3v) is 3.34. The molecule has 0 unspecified atom stereocenters. The van der Waals surface area contributed by atoms with Gasteiger partial charge in [-0.15, -0.1) is 0 Å². The lowest BCUT2D eigenvalue weighted by molar-refractivity contribution is -0.384. The molecule has 0 saturated heterocycles. The number of ether oxygens (including phenoxy) is 1. The van der Waals surface area contributed by atoms with Crippen molar-refractivity contribution in [2.45, 2.75) is 20.8 Å². The average Bonchev–Trinajstić information content (AvgIpc) is 3.01. The van der Waals surface area contributed by atoms with Gasteiger partial charge in [-0.2, -0.15) is 0 Å². The first-order valence-electron chi connectivity index (χ1n) is 7.23. The van der Waals surface area contributed by atoms with E-state index in [4.69, 9.17) is 9.15 Å². The minimum absolute atomic E-state index is 0.0365. The van der Waals surface area contributed by atoms with Crippen LogP contribution in [0, 0.1) is 15.5 Å². The van der Waals surface area contributed by atoms with Gasteiger partial charge in [-0.3, -0.25) is 14.9 Å². The SMILES string of the molecule is CC(C)(C)C(=O)COC(=O)c1ccc(-c2ccc([N+](=O)[O-])cc2)o1. The largest absolute Gasteiger partial charge is 0.452 e. The highest BCUT2D eigenvalue weighted by Crippen LogP contribution is 2.25. The topological polar surface area (TPSA) is 99.7 Å². The van der Waals surface area contributed by atoms with Crippen LogP contribution in [0.2, 0.25) is 0 Å². The Bertz CT molecular complexity index is 767. The normalized spacial score (nSPS) is 11.1. The number of ketones is 1. The second-order valence-corrected chi connectivity index (χ2v) is 6.22. The lowest BCUT2D eigenvalue weighted by atomic mass is 9.91. The van der Waals surface area contributed by atoms with E-state index in [1.165, 1.54) is 30.3 Å². The number of non-ortho nitro benzene ring substituents is 1. The summed E-state index contributed by atoms with van der Waals surface area (Å²) in [5.41, 5.74) is -0.0380. The molecule has 7 heteroatoms. The number of rotatable bonds is 5. The number of esters is 1. The van der Waals surface area contributed by atoms with Crippen molar-refractivity contribution >= 4 is 17.4 Å². The van der Waals surface area contributed by atoms with Crippen LogP contribution in [0.25, 0.3) is 11.3 Å². The predicted octanol–water partition coefficient (Wildman–Crippen LogP) is 3.63. The van der Waals surface area contributed by atoms with E-state index in [9.17, 15) is 19.7 Å². The Hall–Kier alpha value is -2.96. The summed E-state index contributed by atoms with van der Waals surface area (Å²) >= 11 is 0. The summed E-state index contributed by atoms with van der Waals surface area (Å²) in [6.07, 6.45) is 0. The molecule has 0 aliphatic heterocycles. The highest BCUT2D eigenvalue weighted by atomic mass is 16.6. The summed E-state index contributed by atoms with van der Waals surface area (Å²) < 4.78 is 10.3. The van der Waals surface area contributed by atoms with Gasteiger partial charge in [0, 0.05) is 23.1 Å². The Morgan fingerprint density at radius 3 is 2.29 bits per heavy atom. The summed E-state index contributed by atoms with van der Waals surface area (Å²) in [6.45, 7) is 4.89. The van der Waals surface area contributed by atoms with Crippen molar-refractivity contribution in [2.75, 3.05) is 6.61 Å². The quantitative estimate of drug-likeness (QED) is 0.471. The molecule has 2 aromatic rings. The molecular weight excluding hydrogens is 314 g/mol. The molecule has 0 bridgehead atoms. The number of hydrogen-bond acceptors (Lipinski definition) is 6. The maximum atomic E-state index is 11.9. The van der Waals surface area contributed by atoms with Crippen molar-refractivity contribution in [2.24, 2.45) is 5.41 Å². The first kappa shape index (κ1) is 17.4. The summed E-state index contributed by atoms with van der Waals surface area (Å²) in [7, 11) is 0. The zero-order valence-electron chi connectivity index (χ0n) is 13.6. The van der Waals surface area contributed by atoms with Crippen molar-refractivity contribution in [1.29, 1.82) is 0 Å². The van der Waals surface area contributed by atoms with Gasteiger partial charge in [-0.1, -0.05) is 20.8 Å². The van der Waals surface area contributed by atoms with Gasteiger partial charge in [-0.25, -0.2) is 4.79 Å². The number of carbonyl (C=O) groups excluding carboxylic acids is 2. The molecule has 0 radical (unpaired) electrons. The lowest BCUT2D eigenvalue weighted by Crippen LogP contribution is -2.26. The molecular formula is C17H17NO6. The highest BCUT2D eigenvalue weighted by Gasteiger charge is 2.23. The summed E-state index contributed by atoms with van der Waals surface area (Å²) in [6, 6.07) is 8.73. The van der Waals surface area contributed by atoms with E-state index in [0.717, 1.165) is 0 Å². The Labute approximate surface area is 138 Å². The van der Waals surface area contributed by atoms with Gasteiger partial charge >= 0.3 is 5.97 Å². The number of hydrogen-bond donors (Lipinski definition) is 0. The third kappa shape index (κ3) is 4.07. The van der Waals surface area contributed by atoms with E-state index in [1.807, 2.05) is 0 Å². The average molecular weight is 331 g/mol. The number of nitro groups is 1. The standard InChI is InChI=1S/C17H17NO6/c1-17(2,3)15(19)10-23-16(20)14-9-8-13(24-14)11-4-6-12(7-5-11)18(21)22/h4-9H,10H2,1-3H3. The number of nitro benzene ring substituents is 1. The van der Waals surface area contributed by atoms with Gasteiger partial charge in [0.25, 0.3) is 5.69 Å². The monoisotopic (exact) mass is 331 g/mol. The van der Waals surface area contributed by atoms with E-state index in [1.54, 1.807) is 26.8 Å². The number of Topliss-reactive ketones (excluding diaryl/α,β-unsaturated/α-hetero) is 1. The smallest absolute Gasteiger partial charge is 0.374 e. The van der Waals surface area contributed by atoms with Crippen molar-refractivity contribution in [3.63, 3.8) is 0 Å². The van der Waals surface area contributed by atoms with Crippen LogP contribution in [0.3, 0.4) is 0 Å². The third-order valence-electron chi connectivity index (χ3n) is 3.34. The molecule has 24 heavy (non-hydrogen) atoms. The van der Waals surface area contributed by atoms with Gasteiger partial charge in [0.05, 0.1) is 4.92 Å². The predicted molar refractivity (Wildman–Crippen MR) is 85.5 cm³/mol. The first-order chi connectivity index (χ1) is 11.2. The molecule has 0 fully saturated rings. The fourth-order valence-corrected chi connectivity index (χ4v) is 1.77. The Morgan fingerprint density at radius 1 is 1.12 bits per heavy atom.